The van der Waals surface area contributed by atoms with Crippen molar-refractivity contribution >= 4 is 0 Å². The molecule has 2 heterocycles. The summed E-state index contributed by atoms with van der Waals surface area (Å²) >= 11 is 0. The van der Waals surface area contributed by atoms with Gasteiger partial charge in [-0.15, -0.1) is 0 Å². The van der Waals surface area contributed by atoms with Gasteiger partial charge < -0.3 is 19.4 Å². The van der Waals surface area contributed by atoms with Crippen LogP contribution in [0.4, 0.5) is 0 Å². The molecule has 0 unspecified atom stereocenters. The molecular formula is C19H19N3O2. The van der Waals surface area contributed by atoms with Gasteiger partial charge in [0.25, 0.3) is 0 Å². The predicted molar refractivity (Wildman–Crippen MR) is 91.5 cm³/mol. The van der Waals surface area contributed by atoms with Crippen LogP contribution in [-0.2, 0) is 13.0 Å². The smallest absolute Gasteiger partial charge is 0.231 e. The zero-order valence-corrected chi connectivity index (χ0v) is 13.3. The maximum atomic E-state index is 5.41. The van der Waals surface area contributed by atoms with Gasteiger partial charge in [-0.2, -0.15) is 0 Å². The lowest BCUT2D eigenvalue weighted by Crippen LogP contribution is -2.16. The number of rotatable bonds is 6. The van der Waals surface area contributed by atoms with Gasteiger partial charge in [-0.3, -0.25) is 0 Å². The molecule has 4 rings (SSSR count). The molecule has 2 aromatic carbocycles. The molecule has 0 fully saturated rings. The molecule has 0 spiro atoms. The van der Waals surface area contributed by atoms with Gasteiger partial charge in [0.2, 0.25) is 6.79 Å². The zero-order chi connectivity index (χ0) is 16.2. The molecule has 0 amide bonds. The lowest BCUT2D eigenvalue weighted by atomic mass is 10.1. The molecule has 0 aliphatic carbocycles. The lowest BCUT2D eigenvalue weighted by molar-refractivity contribution is 0.174. The summed E-state index contributed by atoms with van der Waals surface area (Å²) in [4.78, 5) is 4.07. The Kier molecular flexibility index (Phi) is 4.16. The van der Waals surface area contributed by atoms with Gasteiger partial charge in [-0.05, 0) is 48.4 Å². The van der Waals surface area contributed by atoms with E-state index in [2.05, 4.69) is 46.7 Å². The first-order valence-corrected chi connectivity index (χ1v) is 8.05. The van der Waals surface area contributed by atoms with Crippen LogP contribution in [-0.4, -0.2) is 22.9 Å². The predicted octanol–water partition coefficient (Wildman–Crippen LogP) is 2.93. The van der Waals surface area contributed by atoms with Crippen molar-refractivity contribution in [2.24, 2.45) is 0 Å². The van der Waals surface area contributed by atoms with Crippen LogP contribution in [0.25, 0.3) is 5.69 Å². The Morgan fingerprint density at radius 3 is 2.67 bits per heavy atom. The highest BCUT2D eigenvalue weighted by Crippen LogP contribution is 2.32. The fourth-order valence-electron chi connectivity index (χ4n) is 2.76. The number of hydrogen-bond acceptors (Lipinski definition) is 4. The third-order valence-corrected chi connectivity index (χ3v) is 4.10. The van der Waals surface area contributed by atoms with E-state index in [1.165, 1.54) is 11.1 Å². The van der Waals surface area contributed by atoms with Crippen LogP contribution in [0.1, 0.15) is 11.1 Å². The number of hydrogen-bond donors (Lipinski definition) is 1. The number of benzene rings is 2. The fourth-order valence-corrected chi connectivity index (χ4v) is 2.76. The minimum atomic E-state index is 0.326. The highest BCUT2D eigenvalue weighted by molar-refractivity contribution is 5.44. The second-order valence-electron chi connectivity index (χ2n) is 5.75. The summed E-state index contributed by atoms with van der Waals surface area (Å²) in [5, 5.41) is 3.48. The van der Waals surface area contributed by atoms with Gasteiger partial charge in [0, 0.05) is 24.6 Å². The van der Waals surface area contributed by atoms with Crippen LogP contribution in [0.15, 0.2) is 61.2 Å². The van der Waals surface area contributed by atoms with Gasteiger partial charge in [0.15, 0.2) is 11.5 Å². The topological polar surface area (TPSA) is 48.3 Å². The number of nitrogens with one attached hydrogen (secondary N) is 1. The first-order valence-electron chi connectivity index (χ1n) is 8.05. The monoisotopic (exact) mass is 321 g/mol. The van der Waals surface area contributed by atoms with E-state index in [0.717, 1.165) is 36.7 Å². The van der Waals surface area contributed by atoms with Crippen molar-refractivity contribution in [3.63, 3.8) is 0 Å². The number of fused-ring (bicyclic) bond motifs is 1. The summed E-state index contributed by atoms with van der Waals surface area (Å²) in [7, 11) is 0. The maximum Gasteiger partial charge on any atom is 0.231 e. The number of ether oxygens (including phenoxy) is 2. The minimum Gasteiger partial charge on any atom is -0.454 e. The third kappa shape index (κ3) is 3.26. The molecule has 1 N–H and O–H groups in total. The summed E-state index contributed by atoms with van der Waals surface area (Å²) in [6.45, 7) is 2.10. The van der Waals surface area contributed by atoms with E-state index in [-0.39, 0.29) is 0 Å². The van der Waals surface area contributed by atoms with E-state index in [1.807, 2.05) is 16.8 Å². The van der Waals surface area contributed by atoms with Crippen LogP contribution in [0.2, 0.25) is 0 Å². The summed E-state index contributed by atoms with van der Waals surface area (Å²) < 4.78 is 12.7. The van der Waals surface area contributed by atoms with Crippen molar-refractivity contribution in [2.75, 3.05) is 13.3 Å². The Morgan fingerprint density at radius 2 is 1.83 bits per heavy atom. The summed E-state index contributed by atoms with van der Waals surface area (Å²) in [5.41, 5.74) is 3.64. The van der Waals surface area contributed by atoms with Crippen LogP contribution in [0.5, 0.6) is 11.5 Å². The van der Waals surface area contributed by atoms with E-state index in [9.17, 15) is 0 Å². The first kappa shape index (κ1) is 14.8. The van der Waals surface area contributed by atoms with Gasteiger partial charge in [-0.25, -0.2) is 4.98 Å². The first-order chi connectivity index (χ1) is 11.9. The Balaban J connectivity index is 1.27. The SMILES string of the molecule is c1cn(-c2ccc(CNCCc3ccc4c(c3)OCO4)cc2)cn1. The molecule has 0 saturated carbocycles. The van der Waals surface area contributed by atoms with Crippen LogP contribution in [0.3, 0.4) is 0 Å². The molecule has 5 heteroatoms. The van der Waals surface area contributed by atoms with Crippen LogP contribution in [0, 0.1) is 0 Å². The van der Waals surface area contributed by atoms with E-state index in [0.29, 0.717) is 6.79 Å². The zero-order valence-electron chi connectivity index (χ0n) is 13.3. The average Bonchev–Trinajstić information content (AvgIpc) is 3.30. The van der Waals surface area contributed by atoms with Gasteiger partial charge >= 0.3 is 0 Å². The van der Waals surface area contributed by atoms with Crippen molar-refractivity contribution in [2.45, 2.75) is 13.0 Å². The Bertz CT molecular complexity index is 798. The van der Waals surface area contributed by atoms with Crippen LogP contribution >= 0.6 is 0 Å². The highest BCUT2D eigenvalue weighted by atomic mass is 16.7. The molecule has 0 atom stereocenters. The van der Waals surface area contributed by atoms with Gasteiger partial charge in [0.05, 0.1) is 6.33 Å². The molecule has 0 radical (unpaired) electrons. The largest absolute Gasteiger partial charge is 0.454 e. The number of imidazole rings is 1. The van der Waals surface area contributed by atoms with E-state index < -0.39 is 0 Å². The Labute approximate surface area is 140 Å². The molecule has 1 aliphatic rings. The molecule has 122 valence electrons. The standard InChI is InChI=1S/C19H19N3O2/c1-4-17(22-10-9-21-13-22)5-2-16(1)12-20-8-7-15-3-6-18-19(11-15)24-14-23-18/h1-6,9-11,13,20H,7-8,12,14H2. The molecule has 1 aromatic heterocycles. The Hall–Kier alpha value is -2.79. The van der Waals surface area contributed by atoms with E-state index >= 15 is 0 Å². The van der Waals surface area contributed by atoms with Gasteiger partial charge in [-0.1, -0.05) is 18.2 Å². The molecule has 0 saturated heterocycles. The average molecular weight is 321 g/mol. The van der Waals surface area contributed by atoms with Crippen molar-refractivity contribution < 1.29 is 9.47 Å². The fraction of sp³-hybridized carbons (Fsp3) is 0.211. The second kappa shape index (κ2) is 6.76. The van der Waals surface area contributed by atoms with Crippen LogP contribution < -0.4 is 14.8 Å². The molecule has 3 aromatic rings. The molecular weight excluding hydrogens is 302 g/mol. The molecule has 5 nitrogen and oxygen atoms in total. The van der Waals surface area contributed by atoms with Crippen molar-refractivity contribution in [3.05, 3.63) is 72.3 Å². The second-order valence-corrected chi connectivity index (χ2v) is 5.75. The van der Waals surface area contributed by atoms with E-state index in [1.54, 1.807) is 12.5 Å². The molecule has 0 bridgehead atoms. The number of nitrogens with zero attached hydrogens (tertiary/aromatic N) is 2. The maximum absolute atomic E-state index is 5.41. The summed E-state index contributed by atoms with van der Waals surface area (Å²) in [5.74, 6) is 1.69. The van der Waals surface area contributed by atoms with Crippen molar-refractivity contribution in [3.8, 4) is 17.2 Å². The molecule has 1 aliphatic heterocycles. The van der Waals surface area contributed by atoms with Crippen molar-refractivity contribution in [1.29, 1.82) is 0 Å². The lowest BCUT2D eigenvalue weighted by Gasteiger charge is -2.07. The summed E-state index contributed by atoms with van der Waals surface area (Å²) in [6.07, 6.45) is 6.49. The Morgan fingerprint density at radius 1 is 1.00 bits per heavy atom. The van der Waals surface area contributed by atoms with E-state index in [4.69, 9.17) is 9.47 Å². The van der Waals surface area contributed by atoms with Gasteiger partial charge in [0.1, 0.15) is 0 Å². The number of aromatic nitrogens is 2. The molecule has 24 heavy (non-hydrogen) atoms. The third-order valence-electron chi connectivity index (χ3n) is 4.10. The minimum absolute atomic E-state index is 0.326. The normalized spacial score (nSPS) is 12.5. The summed E-state index contributed by atoms with van der Waals surface area (Å²) in [6, 6.07) is 14.6. The van der Waals surface area contributed by atoms with Crippen molar-refractivity contribution in [1.82, 2.24) is 14.9 Å². The highest BCUT2D eigenvalue weighted by Gasteiger charge is 2.12. The quantitative estimate of drug-likeness (QED) is 0.709.